The number of aryl methyl sites for hydroxylation is 1. The minimum atomic E-state index is 0.327. The average Bonchev–Trinajstić information content (AvgIpc) is 2.85. The summed E-state index contributed by atoms with van der Waals surface area (Å²) >= 11 is 12.0. The van der Waals surface area contributed by atoms with Crippen molar-refractivity contribution < 1.29 is 4.74 Å². The predicted octanol–water partition coefficient (Wildman–Crippen LogP) is 3.66. The first-order valence-electron chi connectivity index (χ1n) is 6.09. The normalized spacial score (nSPS) is 10.7. The topological polar surface area (TPSA) is 39.9 Å². The van der Waals surface area contributed by atoms with Crippen molar-refractivity contribution >= 4 is 23.2 Å². The Balaban J connectivity index is 2.12. The molecule has 0 amide bonds. The fraction of sp³-hybridized carbons (Fsp3) is 0.385. The lowest BCUT2D eigenvalue weighted by molar-refractivity contribution is 0.284. The number of rotatable bonds is 6. The first kappa shape index (κ1) is 14.2. The molecule has 0 saturated heterocycles. The monoisotopic (exact) mass is 299 g/mol. The van der Waals surface area contributed by atoms with E-state index in [0.29, 0.717) is 23.3 Å². The van der Waals surface area contributed by atoms with Gasteiger partial charge in [0.05, 0.1) is 10.9 Å². The summed E-state index contributed by atoms with van der Waals surface area (Å²) in [5.41, 5.74) is 0.871. The van der Waals surface area contributed by atoms with Crippen LogP contribution in [0.4, 0.5) is 0 Å². The minimum Gasteiger partial charge on any atom is -0.484 e. The molecule has 0 spiro atoms. The molecule has 4 nitrogen and oxygen atoms in total. The van der Waals surface area contributed by atoms with Gasteiger partial charge in [0.25, 0.3) is 0 Å². The maximum Gasteiger partial charge on any atom is 0.164 e. The van der Waals surface area contributed by atoms with E-state index in [1.165, 1.54) is 6.33 Å². The van der Waals surface area contributed by atoms with Gasteiger partial charge in [0, 0.05) is 12.1 Å². The molecule has 19 heavy (non-hydrogen) atoms. The Kier molecular flexibility index (Phi) is 5.05. The fourth-order valence-corrected chi connectivity index (χ4v) is 2.21. The van der Waals surface area contributed by atoms with E-state index in [-0.39, 0.29) is 0 Å². The van der Waals surface area contributed by atoms with Gasteiger partial charge in [-0.2, -0.15) is 5.10 Å². The molecule has 2 rings (SSSR count). The quantitative estimate of drug-likeness (QED) is 0.764. The van der Waals surface area contributed by atoms with E-state index in [1.54, 1.807) is 6.07 Å². The van der Waals surface area contributed by atoms with Crippen LogP contribution in [-0.4, -0.2) is 14.8 Å². The van der Waals surface area contributed by atoms with Gasteiger partial charge in [0.2, 0.25) is 0 Å². The van der Waals surface area contributed by atoms with Crippen LogP contribution in [0.3, 0.4) is 0 Å². The van der Waals surface area contributed by atoms with Gasteiger partial charge in [0.15, 0.2) is 5.82 Å². The number of hydrogen-bond acceptors (Lipinski definition) is 3. The Morgan fingerprint density at radius 3 is 2.95 bits per heavy atom. The Labute approximate surface area is 122 Å². The van der Waals surface area contributed by atoms with Crippen LogP contribution in [0.25, 0.3) is 0 Å². The number of hydrogen-bond donors (Lipinski definition) is 0. The zero-order chi connectivity index (χ0) is 13.7. The van der Waals surface area contributed by atoms with Crippen LogP contribution in [0.15, 0.2) is 24.5 Å². The molecule has 0 bridgehead atoms. The maximum atomic E-state index is 6.12. The van der Waals surface area contributed by atoms with Crippen LogP contribution in [0.5, 0.6) is 5.75 Å². The maximum absolute atomic E-state index is 6.12. The molecule has 0 aliphatic rings. The predicted molar refractivity (Wildman–Crippen MR) is 75.7 cm³/mol. The molecule has 0 fully saturated rings. The highest BCUT2D eigenvalue weighted by atomic mass is 35.5. The van der Waals surface area contributed by atoms with Crippen molar-refractivity contribution in [1.82, 2.24) is 14.8 Å². The highest BCUT2D eigenvalue weighted by Gasteiger charge is 2.10. The molecule has 0 saturated carbocycles. The van der Waals surface area contributed by atoms with Gasteiger partial charge in [-0.05, 0) is 12.5 Å². The first-order chi connectivity index (χ1) is 9.26. The minimum absolute atomic E-state index is 0.327. The molecule has 2 aromatic rings. The standard InChI is InChI=1S/C13H15Cl2N3O/c1-2-6-18-12(16-9-17-18)8-19-13-10(7-14)4-3-5-11(13)15/h3-5,9H,2,6-8H2,1H3. The van der Waals surface area contributed by atoms with Crippen molar-refractivity contribution in [2.24, 2.45) is 0 Å². The third-order valence-electron chi connectivity index (χ3n) is 2.67. The highest BCUT2D eigenvalue weighted by molar-refractivity contribution is 6.32. The Morgan fingerprint density at radius 2 is 2.21 bits per heavy atom. The van der Waals surface area contributed by atoms with Crippen molar-refractivity contribution in [3.05, 3.63) is 40.9 Å². The largest absolute Gasteiger partial charge is 0.484 e. The number of aromatic nitrogens is 3. The van der Waals surface area contributed by atoms with E-state index in [1.807, 2.05) is 16.8 Å². The van der Waals surface area contributed by atoms with Gasteiger partial charge in [-0.25, -0.2) is 9.67 Å². The van der Waals surface area contributed by atoms with Gasteiger partial charge >= 0.3 is 0 Å². The van der Waals surface area contributed by atoms with Crippen LogP contribution in [0.2, 0.25) is 5.02 Å². The summed E-state index contributed by atoms with van der Waals surface area (Å²) in [6.07, 6.45) is 2.53. The highest BCUT2D eigenvalue weighted by Crippen LogP contribution is 2.30. The summed E-state index contributed by atoms with van der Waals surface area (Å²) in [7, 11) is 0. The lowest BCUT2D eigenvalue weighted by Gasteiger charge is -2.11. The van der Waals surface area contributed by atoms with E-state index in [2.05, 4.69) is 17.0 Å². The fourth-order valence-electron chi connectivity index (χ4n) is 1.76. The van der Waals surface area contributed by atoms with Gasteiger partial charge in [-0.15, -0.1) is 11.6 Å². The van der Waals surface area contributed by atoms with Gasteiger partial charge < -0.3 is 4.74 Å². The van der Waals surface area contributed by atoms with Gasteiger partial charge in [-0.3, -0.25) is 0 Å². The molecular weight excluding hydrogens is 285 g/mol. The number of ether oxygens (including phenoxy) is 1. The van der Waals surface area contributed by atoms with Crippen molar-refractivity contribution in [2.45, 2.75) is 32.4 Å². The molecule has 0 aliphatic heterocycles. The Bertz CT molecular complexity index is 542. The second-order valence-electron chi connectivity index (χ2n) is 4.05. The average molecular weight is 300 g/mol. The summed E-state index contributed by atoms with van der Waals surface area (Å²) in [5, 5.41) is 4.71. The number of nitrogens with zero attached hydrogens (tertiary/aromatic N) is 3. The van der Waals surface area contributed by atoms with E-state index in [4.69, 9.17) is 27.9 Å². The lowest BCUT2D eigenvalue weighted by atomic mass is 10.2. The number of para-hydroxylation sites is 1. The lowest BCUT2D eigenvalue weighted by Crippen LogP contribution is -2.09. The first-order valence-corrected chi connectivity index (χ1v) is 7.00. The van der Waals surface area contributed by atoms with E-state index in [0.717, 1.165) is 24.4 Å². The molecule has 0 atom stereocenters. The zero-order valence-electron chi connectivity index (χ0n) is 10.6. The zero-order valence-corrected chi connectivity index (χ0v) is 12.2. The number of alkyl halides is 1. The van der Waals surface area contributed by atoms with E-state index in [9.17, 15) is 0 Å². The van der Waals surface area contributed by atoms with Gasteiger partial charge in [-0.1, -0.05) is 30.7 Å². The number of benzene rings is 1. The smallest absolute Gasteiger partial charge is 0.164 e. The molecule has 0 aliphatic carbocycles. The van der Waals surface area contributed by atoms with Crippen LogP contribution in [-0.2, 0) is 19.0 Å². The molecule has 102 valence electrons. The molecule has 1 aromatic heterocycles. The molecule has 0 radical (unpaired) electrons. The number of halogens is 2. The van der Waals surface area contributed by atoms with Crippen molar-refractivity contribution in [2.75, 3.05) is 0 Å². The summed E-state index contributed by atoms with van der Waals surface area (Å²) in [6.45, 7) is 3.24. The third-order valence-corrected chi connectivity index (χ3v) is 3.25. The van der Waals surface area contributed by atoms with E-state index >= 15 is 0 Å². The Hall–Kier alpha value is -1.26. The molecule has 0 unspecified atom stereocenters. The second-order valence-corrected chi connectivity index (χ2v) is 4.72. The SMILES string of the molecule is CCCn1ncnc1COc1c(Cl)cccc1CCl. The summed E-state index contributed by atoms with van der Waals surface area (Å²) in [5.74, 6) is 1.75. The third kappa shape index (κ3) is 3.39. The summed E-state index contributed by atoms with van der Waals surface area (Å²) in [6, 6.07) is 5.53. The van der Waals surface area contributed by atoms with Gasteiger partial charge in [0.1, 0.15) is 18.7 Å². The van der Waals surface area contributed by atoms with Crippen LogP contribution in [0.1, 0.15) is 24.7 Å². The van der Waals surface area contributed by atoms with E-state index < -0.39 is 0 Å². The van der Waals surface area contributed by atoms with Crippen molar-refractivity contribution in [3.63, 3.8) is 0 Å². The summed E-state index contributed by atoms with van der Waals surface area (Å²) in [4.78, 5) is 4.19. The molecule has 6 heteroatoms. The Morgan fingerprint density at radius 1 is 1.37 bits per heavy atom. The summed E-state index contributed by atoms with van der Waals surface area (Å²) < 4.78 is 7.58. The molecular formula is C13H15Cl2N3O. The molecule has 1 aromatic carbocycles. The van der Waals surface area contributed by atoms with Crippen molar-refractivity contribution in [3.8, 4) is 5.75 Å². The van der Waals surface area contributed by atoms with Crippen LogP contribution in [0, 0.1) is 0 Å². The second kappa shape index (κ2) is 6.78. The molecule has 1 heterocycles. The van der Waals surface area contributed by atoms with Crippen molar-refractivity contribution in [1.29, 1.82) is 0 Å². The van der Waals surface area contributed by atoms with Crippen LogP contribution < -0.4 is 4.74 Å². The van der Waals surface area contributed by atoms with Crippen LogP contribution >= 0.6 is 23.2 Å². The molecule has 0 N–H and O–H groups in total.